The average molecular weight is 339 g/mol. The summed E-state index contributed by atoms with van der Waals surface area (Å²) in [4.78, 5) is 25.6. The molecule has 4 nitrogen and oxygen atoms in total. The van der Waals surface area contributed by atoms with Crippen LogP contribution in [0.1, 0.15) is 32.8 Å². The number of hydrogen-bond acceptors (Lipinski definition) is 3. The van der Waals surface area contributed by atoms with E-state index in [0.29, 0.717) is 12.1 Å². The van der Waals surface area contributed by atoms with E-state index in [2.05, 4.69) is 21.2 Å². The van der Waals surface area contributed by atoms with Gasteiger partial charge in [-0.05, 0) is 30.0 Å². The first kappa shape index (κ1) is 15.0. The van der Waals surface area contributed by atoms with E-state index < -0.39 is 0 Å². The summed E-state index contributed by atoms with van der Waals surface area (Å²) in [5.74, 6) is -0.177. The summed E-state index contributed by atoms with van der Waals surface area (Å²) >= 11 is 3.46. The molecule has 108 valence electrons. The molecule has 1 aromatic rings. The first-order valence-corrected chi connectivity index (χ1v) is 7.59. The van der Waals surface area contributed by atoms with Crippen LogP contribution in [0.25, 0.3) is 0 Å². The first-order chi connectivity index (χ1) is 9.40. The maximum absolute atomic E-state index is 12.4. The molecule has 1 heterocycles. The second-order valence-electron chi connectivity index (χ2n) is 5.48. The van der Waals surface area contributed by atoms with Crippen LogP contribution in [0.3, 0.4) is 0 Å². The second-order valence-corrected chi connectivity index (χ2v) is 6.40. The lowest BCUT2D eigenvalue weighted by Gasteiger charge is -2.23. The van der Waals surface area contributed by atoms with Crippen molar-refractivity contribution in [2.24, 2.45) is 5.92 Å². The molecule has 0 atom stereocenters. The first-order valence-electron chi connectivity index (χ1n) is 6.80. The summed E-state index contributed by atoms with van der Waals surface area (Å²) in [7, 11) is 0. The fourth-order valence-electron chi connectivity index (χ4n) is 2.47. The summed E-state index contributed by atoms with van der Waals surface area (Å²) in [5.41, 5.74) is 2.70. The van der Waals surface area contributed by atoms with Gasteiger partial charge in [0, 0.05) is 24.4 Å². The van der Waals surface area contributed by atoms with Gasteiger partial charge >= 0.3 is 0 Å². The van der Waals surface area contributed by atoms with Crippen LogP contribution >= 0.6 is 15.9 Å². The molecule has 1 aliphatic heterocycles. The Morgan fingerprint density at radius 1 is 1.40 bits per heavy atom. The van der Waals surface area contributed by atoms with Gasteiger partial charge in [-0.15, -0.1) is 0 Å². The molecular formula is C15H19BrN2O2. The predicted octanol–water partition coefficient (Wildman–Crippen LogP) is 3.34. The van der Waals surface area contributed by atoms with E-state index in [9.17, 15) is 9.59 Å². The van der Waals surface area contributed by atoms with Gasteiger partial charge < -0.3 is 5.32 Å². The lowest BCUT2D eigenvalue weighted by molar-refractivity contribution is -0.125. The number of rotatable bonds is 3. The van der Waals surface area contributed by atoms with Crippen LogP contribution in [0.2, 0.25) is 0 Å². The Bertz CT molecular complexity index is 555. The highest BCUT2D eigenvalue weighted by atomic mass is 79.9. The summed E-state index contributed by atoms with van der Waals surface area (Å²) in [6, 6.07) is 3.86. The van der Waals surface area contributed by atoms with Crippen LogP contribution in [0.4, 0.5) is 11.4 Å². The van der Waals surface area contributed by atoms with E-state index in [1.807, 2.05) is 26.0 Å². The number of hydrogen-bond donors (Lipinski definition) is 1. The SMILES string of the molecule is CC(=O)N(C(=O)CC(C)C)c1cc(Br)cc2c1NCC2. The lowest BCUT2D eigenvalue weighted by Crippen LogP contribution is -2.36. The molecule has 0 spiro atoms. The Balaban J connectivity index is 2.45. The highest BCUT2D eigenvalue weighted by molar-refractivity contribution is 9.10. The Kier molecular flexibility index (Phi) is 4.48. The van der Waals surface area contributed by atoms with Crippen LogP contribution in [-0.4, -0.2) is 18.4 Å². The number of fused-ring (bicyclic) bond motifs is 1. The lowest BCUT2D eigenvalue weighted by atomic mass is 10.1. The fourth-order valence-corrected chi connectivity index (χ4v) is 2.96. The summed E-state index contributed by atoms with van der Waals surface area (Å²) in [6.07, 6.45) is 1.27. The maximum atomic E-state index is 12.4. The van der Waals surface area contributed by atoms with Gasteiger partial charge in [-0.3, -0.25) is 9.59 Å². The Labute approximate surface area is 127 Å². The van der Waals surface area contributed by atoms with Gasteiger partial charge in [0.2, 0.25) is 11.8 Å². The molecule has 0 bridgehead atoms. The minimum absolute atomic E-state index is 0.151. The smallest absolute Gasteiger partial charge is 0.234 e. The van der Waals surface area contributed by atoms with Crippen molar-refractivity contribution in [2.45, 2.75) is 33.6 Å². The molecule has 5 heteroatoms. The molecule has 0 aromatic heterocycles. The standard InChI is InChI=1S/C15H19BrN2O2/c1-9(2)6-14(20)18(10(3)19)13-8-12(16)7-11-4-5-17-15(11)13/h7-9,17H,4-6H2,1-3H3. The average Bonchev–Trinajstić information content (AvgIpc) is 2.75. The fraction of sp³-hybridized carbons (Fsp3) is 0.467. The highest BCUT2D eigenvalue weighted by Crippen LogP contribution is 2.37. The number of nitrogens with zero attached hydrogens (tertiary/aromatic N) is 1. The predicted molar refractivity (Wildman–Crippen MR) is 84.0 cm³/mol. The van der Waals surface area contributed by atoms with Crippen LogP contribution < -0.4 is 10.2 Å². The van der Waals surface area contributed by atoms with Crippen LogP contribution in [-0.2, 0) is 16.0 Å². The van der Waals surface area contributed by atoms with Crippen molar-refractivity contribution in [3.05, 3.63) is 22.2 Å². The van der Waals surface area contributed by atoms with Crippen molar-refractivity contribution < 1.29 is 9.59 Å². The van der Waals surface area contributed by atoms with Crippen LogP contribution in [0.15, 0.2) is 16.6 Å². The van der Waals surface area contributed by atoms with Gasteiger partial charge in [0.15, 0.2) is 0 Å². The number of halogens is 1. The Morgan fingerprint density at radius 2 is 2.10 bits per heavy atom. The van der Waals surface area contributed by atoms with Crippen molar-refractivity contribution in [1.29, 1.82) is 0 Å². The third kappa shape index (κ3) is 3.03. The molecule has 0 saturated heterocycles. The van der Waals surface area contributed by atoms with E-state index >= 15 is 0 Å². The van der Waals surface area contributed by atoms with E-state index in [0.717, 1.165) is 28.7 Å². The molecule has 0 aliphatic carbocycles. The van der Waals surface area contributed by atoms with E-state index in [4.69, 9.17) is 0 Å². The summed E-state index contributed by atoms with van der Waals surface area (Å²) in [6.45, 7) is 6.21. The number of carbonyl (C=O) groups excluding carboxylic acids is 2. The quantitative estimate of drug-likeness (QED) is 0.919. The van der Waals surface area contributed by atoms with E-state index in [1.54, 1.807) is 0 Å². The molecule has 2 rings (SSSR count). The van der Waals surface area contributed by atoms with Crippen LogP contribution in [0.5, 0.6) is 0 Å². The number of anilines is 2. The monoisotopic (exact) mass is 338 g/mol. The number of nitrogens with one attached hydrogen (secondary N) is 1. The zero-order chi connectivity index (χ0) is 14.9. The maximum Gasteiger partial charge on any atom is 0.234 e. The number of benzene rings is 1. The van der Waals surface area contributed by atoms with Gasteiger partial charge in [0.05, 0.1) is 11.4 Å². The summed E-state index contributed by atoms with van der Waals surface area (Å²) in [5, 5.41) is 3.27. The van der Waals surface area contributed by atoms with Gasteiger partial charge in [-0.25, -0.2) is 4.90 Å². The molecule has 0 fully saturated rings. The molecule has 0 radical (unpaired) electrons. The van der Waals surface area contributed by atoms with Crippen LogP contribution in [0, 0.1) is 5.92 Å². The number of imide groups is 1. The van der Waals surface area contributed by atoms with Crippen molar-refractivity contribution in [3.8, 4) is 0 Å². The van der Waals surface area contributed by atoms with Crippen molar-refractivity contribution in [3.63, 3.8) is 0 Å². The molecule has 2 amide bonds. The van der Waals surface area contributed by atoms with E-state index in [1.165, 1.54) is 11.8 Å². The molecule has 1 aromatic carbocycles. The normalized spacial score (nSPS) is 13.1. The second kappa shape index (κ2) is 5.95. The van der Waals surface area contributed by atoms with E-state index in [-0.39, 0.29) is 17.7 Å². The molecule has 1 N–H and O–H groups in total. The molecule has 0 saturated carbocycles. The van der Waals surface area contributed by atoms with Gasteiger partial charge in [0.1, 0.15) is 0 Å². The zero-order valence-corrected chi connectivity index (χ0v) is 13.6. The molecule has 0 unspecified atom stereocenters. The molecular weight excluding hydrogens is 320 g/mol. The van der Waals surface area contributed by atoms with Crippen molar-refractivity contribution in [1.82, 2.24) is 0 Å². The van der Waals surface area contributed by atoms with Gasteiger partial charge in [-0.2, -0.15) is 0 Å². The largest absolute Gasteiger partial charge is 0.383 e. The number of carbonyl (C=O) groups is 2. The van der Waals surface area contributed by atoms with Crippen molar-refractivity contribution in [2.75, 3.05) is 16.8 Å². The van der Waals surface area contributed by atoms with Crippen molar-refractivity contribution >= 4 is 39.1 Å². The van der Waals surface area contributed by atoms with Gasteiger partial charge in [-0.1, -0.05) is 29.8 Å². The highest BCUT2D eigenvalue weighted by Gasteiger charge is 2.26. The summed E-state index contributed by atoms with van der Waals surface area (Å²) < 4.78 is 0.888. The minimum atomic E-state index is -0.246. The Morgan fingerprint density at radius 3 is 2.70 bits per heavy atom. The molecule has 1 aliphatic rings. The number of amides is 2. The Hall–Kier alpha value is -1.36. The third-order valence-electron chi connectivity index (χ3n) is 3.25. The van der Waals surface area contributed by atoms with Gasteiger partial charge in [0.25, 0.3) is 0 Å². The molecule has 20 heavy (non-hydrogen) atoms. The minimum Gasteiger partial charge on any atom is -0.383 e. The topological polar surface area (TPSA) is 49.4 Å². The third-order valence-corrected chi connectivity index (χ3v) is 3.71. The zero-order valence-electron chi connectivity index (χ0n) is 12.0.